The van der Waals surface area contributed by atoms with E-state index in [9.17, 15) is 17.2 Å². The normalized spacial score (nSPS) is 26.0. The Bertz CT molecular complexity index is 1030. The monoisotopic (exact) mass is 470 g/mol. The summed E-state index contributed by atoms with van der Waals surface area (Å²) in [7, 11) is -3.37. The van der Waals surface area contributed by atoms with Gasteiger partial charge in [-0.2, -0.15) is 0 Å². The van der Waals surface area contributed by atoms with E-state index in [1.807, 2.05) is 24.3 Å². The van der Waals surface area contributed by atoms with Crippen LogP contribution in [0.5, 0.6) is 0 Å². The zero-order valence-corrected chi connectivity index (χ0v) is 18.8. The lowest BCUT2D eigenvalue weighted by Gasteiger charge is -2.48. The first-order valence-corrected chi connectivity index (χ1v) is 12.5. The molecule has 31 heavy (non-hydrogen) atoms. The Hall–Kier alpha value is -1.61. The SMILES string of the molecule is CS(=O)(=O)c1ccc(CC[C@@]2(C3OCC3(F)F)CCN(Cc3ccc(Cl)cc3)C2)cn1. The number of nitrogens with zero attached hydrogens (tertiary/aromatic N) is 2. The molecule has 0 saturated carbocycles. The van der Waals surface area contributed by atoms with Gasteiger partial charge in [-0.1, -0.05) is 29.8 Å². The number of hydrogen-bond acceptors (Lipinski definition) is 5. The Morgan fingerprint density at radius 1 is 1.19 bits per heavy atom. The lowest BCUT2D eigenvalue weighted by molar-refractivity contribution is -0.301. The summed E-state index contributed by atoms with van der Waals surface area (Å²) in [6, 6.07) is 10.7. The molecule has 0 N–H and O–H groups in total. The second-order valence-electron chi connectivity index (χ2n) is 8.68. The van der Waals surface area contributed by atoms with Crippen molar-refractivity contribution in [2.75, 3.05) is 26.0 Å². The lowest BCUT2D eigenvalue weighted by Crippen LogP contribution is -2.61. The second kappa shape index (κ2) is 8.39. The van der Waals surface area contributed by atoms with Gasteiger partial charge >= 0.3 is 0 Å². The van der Waals surface area contributed by atoms with Crippen molar-refractivity contribution in [2.24, 2.45) is 5.41 Å². The molecule has 2 aliphatic heterocycles. The van der Waals surface area contributed by atoms with Gasteiger partial charge in [0.25, 0.3) is 5.92 Å². The Morgan fingerprint density at radius 3 is 2.45 bits per heavy atom. The third-order valence-corrected chi connectivity index (χ3v) is 7.51. The van der Waals surface area contributed by atoms with Gasteiger partial charge in [0.1, 0.15) is 12.7 Å². The molecule has 0 amide bonds. The van der Waals surface area contributed by atoms with Crippen molar-refractivity contribution >= 4 is 21.4 Å². The maximum absolute atomic E-state index is 14.4. The molecule has 9 heteroatoms. The van der Waals surface area contributed by atoms with Crippen molar-refractivity contribution in [3.05, 3.63) is 58.7 Å². The number of alkyl halides is 2. The predicted molar refractivity (Wildman–Crippen MR) is 114 cm³/mol. The molecular formula is C22H25ClF2N2O3S. The van der Waals surface area contributed by atoms with Gasteiger partial charge in [-0.15, -0.1) is 0 Å². The van der Waals surface area contributed by atoms with Gasteiger partial charge in [0.05, 0.1) is 0 Å². The van der Waals surface area contributed by atoms with E-state index in [2.05, 4.69) is 9.88 Å². The van der Waals surface area contributed by atoms with Crippen molar-refractivity contribution in [3.63, 3.8) is 0 Å². The number of aryl methyl sites for hydroxylation is 1. The van der Waals surface area contributed by atoms with Gasteiger partial charge in [0.15, 0.2) is 14.9 Å². The summed E-state index contributed by atoms with van der Waals surface area (Å²) < 4.78 is 57.3. The summed E-state index contributed by atoms with van der Waals surface area (Å²) in [5.74, 6) is -2.82. The van der Waals surface area contributed by atoms with Gasteiger partial charge in [-0.05, 0) is 55.1 Å². The van der Waals surface area contributed by atoms with Gasteiger partial charge in [-0.3, -0.25) is 4.90 Å². The van der Waals surface area contributed by atoms with Crippen molar-refractivity contribution < 1.29 is 21.9 Å². The first-order chi connectivity index (χ1) is 14.6. The summed E-state index contributed by atoms with van der Waals surface area (Å²) >= 11 is 5.96. The van der Waals surface area contributed by atoms with Crippen LogP contribution in [0.4, 0.5) is 8.78 Å². The standard InChI is InChI=1S/C22H25ClF2N2O3S/c1-31(28,29)19-7-4-16(12-26-19)8-9-21(20-22(24,25)15-30-20)10-11-27(14-21)13-17-2-5-18(23)6-3-17/h2-7,12,20H,8-11,13-15H2,1H3/t20?,21-/m1/s1. The molecule has 2 aliphatic rings. The Kier molecular flexibility index (Phi) is 6.11. The topological polar surface area (TPSA) is 59.5 Å². The number of pyridine rings is 1. The van der Waals surface area contributed by atoms with E-state index in [-0.39, 0.29) is 5.03 Å². The lowest BCUT2D eigenvalue weighted by atomic mass is 9.72. The summed E-state index contributed by atoms with van der Waals surface area (Å²) in [4.78, 5) is 6.20. The van der Waals surface area contributed by atoms with Crippen LogP contribution in [0.1, 0.15) is 24.0 Å². The maximum atomic E-state index is 14.4. The number of sulfone groups is 1. The number of likely N-dealkylation sites (tertiary alicyclic amines) is 1. The van der Waals surface area contributed by atoms with E-state index >= 15 is 0 Å². The molecule has 1 aromatic heterocycles. The summed E-state index contributed by atoms with van der Waals surface area (Å²) in [6.07, 6.45) is 3.19. The van der Waals surface area contributed by atoms with Gasteiger partial charge in [0, 0.05) is 36.0 Å². The van der Waals surface area contributed by atoms with E-state index in [0.29, 0.717) is 43.9 Å². The minimum absolute atomic E-state index is 0.00910. The highest BCUT2D eigenvalue weighted by atomic mass is 35.5. The quantitative estimate of drug-likeness (QED) is 0.612. The third kappa shape index (κ3) is 4.92. The molecule has 3 heterocycles. The summed E-state index contributed by atoms with van der Waals surface area (Å²) in [5, 5.41) is 0.673. The fourth-order valence-electron chi connectivity index (χ4n) is 4.61. The van der Waals surface area contributed by atoms with Crippen LogP contribution in [0, 0.1) is 5.41 Å². The number of benzene rings is 1. The average molecular weight is 471 g/mol. The highest BCUT2D eigenvalue weighted by Crippen LogP contribution is 2.50. The number of halogens is 3. The molecule has 1 aromatic carbocycles. The van der Waals surface area contributed by atoms with Crippen LogP contribution in [0.15, 0.2) is 47.6 Å². The van der Waals surface area contributed by atoms with Crippen LogP contribution >= 0.6 is 11.6 Å². The fraction of sp³-hybridized carbons (Fsp3) is 0.500. The van der Waals surface area contributed by atoms with Crippen molar-refractivity contribution in [1.82, 2.24) is 9.88 Å². The molecule has 2 atom stereocenters. The molecule has 2 aromatic rings. The maximum Gasteiger partial charge on any atom is 0.297 e. The smallest absolute Gasteiger partial charge is 0.297 e. The van der Waals surface area contributed by atoms with E-state index in [4.69, 9.17) is 16.3 Å². The molecule has 0 bridgehead atoms. The number of ether oxygens (including phenoxy) is 1. The third-order valence-electron chi connectivity index (χ3n) is 6.26. The Balaban J connectivity index is 1.48. The van der Waals surface area contributed by atoms with Gasteiger partial charge in [-0.25, -0.2) is 22.2 Å². The molecule has 4 rings (SSSR count). The molecule has 1 unspecified atom stereocenters. The van der Waals surface area contributed by atoms with E-state index in [1.165, 1.54) is 12.3 Å². The van der Waals surface area contributed by atoms with Crippen LogP contribution in [0.2, 0.25) is 5.02 Å². The highest BCUT2D eigenvalue weighted by molar-refractivity contribution is 7.90. The van der Waals surface area contributed by atoms with E-state index in [0.717, 1.165) is 17.4 Å². The van der Waals surface area contributed by atoms with Gasteiger partial charge < -0.3 is 4.74 Å². The molecular weight excluding hydrogens is 446 g/mol. The van der Waals surface area contributed by atoms with Crippen molar-refractivity contribution in [3.8, 4) is 0 Å². The zero-order valence-electron chi connectivity index (χ0n) is 17.2. The van der Waals surface area contributed by atoms with Crippen molar-refractivity contribution in [2.45, 2.75) is 42.9 Å². The highest BCUT2D eigenvalue weighted by Gasteiger charge is 2.61. The largest absolute Gasteiger partial charge is 0.365 e. The van der Waals surface area contributed by atoms with E-state index < -0.39 is 33.9 Å². The van der Waals surface area contributed by atoms with E-state index in [1.54, 1.807) is 6.07 Å². The number of aromatic nitrogens is 1. The molecule has 0 aliphatic carbocycles. The van der Waals surface area contributed by atoms with Crippen LogP contribution in [-0.2, 0) is 27.5 Å². The van der Waals surface area contributed by atoms with Crippen LogP contribution in [-0.4, -0.2) is 56.3 Å². The summed E-state index contributed by atoms with van der Waals surface area (Å²) in [5.41, 5.74) is 1.25. The minimum atomic E-state index is -3.37. The minimum Gasteiger partial charge on any atom is -0.365 e. The Morgan fingerprint density at radius 2 is 1.90 bits per heavy atom. The molecule has 0 spiro atoms. The molecule has 2 fully saturated rings. The molecule has 5 nitrogen and oxygen atoms in total. The van der Waals surface area contributed by atoms with Crippen LogP contribution < -0.4 is 0 Å². The van der Waals surface area contributed by atoms with Crippen LogP contribution in [0.25, 0.3) is 0 Å². The van der Waals surface area contributed by atoms with Crippen molar-refractivity contribution in [1.29, 1.82) is 0 Å². The first kappa shape index (κ1) is 22.6. The second-order valence-corrected chi connectivity index (χ2v) is 11.1. The first-order valence-electron chi connectivity index (χ1n) is 10.2. The van der Waals surface area contributed by atoms with Crippen LogP contribution in [0.3, 0.4) is 0 Å². The predicted octanol–water partition coefficient (Wildman–Crippen LogP) is 4.00. The number of rotatable bonds is 7. The molecule has 2 saturated heterocycles. The fourth-order valence-corrected chi connectivity index (χ4v) is 5.29. The Labute approximate surface area is 186 Å². The molecule has 0 radical (unpaired) electrons. The molecule has 168 valence electrons. The zero-order chi connectivity index (χ0) is 22.3. The average Bonchev–Trinajstić information content (AvgIpc) is 3.10. The number of hydrogen-bond donors (Lipinski definition) is 0. The van der Waals surface area contributed by atoms with Gasteiger partial charge in [0.2, 0.25) is 0 Å². The summed E-state index contributed by atoms with van der Waals surface area (Å²) in [6.45, 7) is 1.37.